The molecule has 1 aliphatic carbocycles. The summed E-state index contributed by atoms with van der Waals surface area (Å²) in [5, 5.41) is 6.48. The van der Waals surface area contributed by atoms with Gasteiger partial charge in [0, 0.05) is 17.1 Å². The van der Waals surface area contributed by atoms with Crippen LogP contribution in [0, 0.1) is 5.92 Å². The van der Waals surface area contributed by atoms with Crippen LogP contribution in [0.1, 0.15) is 46.2 Å². The van der Waals surface area contributed by atoms with E-state index in [9.17, 15) is 9.59 Å². The van der Waals surface area contributed by atoms with Crippen molar-refractivity contribution in [2.45, 2.75) is 58.1 Å². The highest BCUT2D eigenvalue weighted by molar-refractivity contribution is 6.30. The van der Waals surface area contributed by atoms with Gasteiger partial charge in [0.25, 0.3) is 0 Å². The van der Waals surface area contributed by atoms with Gasteiger partial charge in [-0.05, 0) is 70.7 Å². The van der Waals surface area contributed by atoms with Crippen molar-refractivity contribution in [3.63, 3.8) is 0 Å². The maximum atomic E-state index is 12.7. The first-order valence-corrected chi connectivity index (χ1v) is 10.4. The number of oxazole rings is 1. The van der Waals surface area contributed by atoms with Gasteiger partial charge in [-0.1, -0.05) is 11.6 Å². The number of nitrogens with zero attached hydrogens (tertiary/aromatic N) is 1. The highest BCUT2D eigenvalue weighted by Gasteiger charge is 2.43. The van der Waals surface area contributed by atoms with Gasteiger partial charge in [-0.3, -0.25) is 4.79 Å². The average molecular weight is 434 g/mol. The van der Waals surface area contributed by atoms with Gasteiger partial charge in [0.2, 0.25) is 11.8 Å². The first kappa shape index (κ1) is 22.2. The van der Waals surface area contributed by atoms with Gasteiger partial charge in [0.15, 0.2) is 0 Å². The second-order valence-corrected chi connectivity index (χ2v) is 9.36. The van der Waals surface area contributed by atoms with E-state index >= 15 is 0 Å². The summed E-state index contributed by atoms with van der Waals surface area (Å²) in [6.45, 7) is 7.68. The molecule has 2 aromatic rings. The molecule has 1 fully saturated rings. The van der Waals surface area contributed by atoms with Gasteiger partial charge in [-0.15, -0.1) is 0 Å². The largest absolute Gasteiger partial charge is 0.444 e. The minimum absolute atomic E-state index is 0.0891. The third-order valence-electron chi connectivity index (χ3n) is 4.89. The van der Waals surface area contributed by atoms with E-state index in [1.807, 2.05) is 39.8 Å². The molecule has 1 saturated carbocycles. The van der Waals surface area contributed by atoms with E-state index in [0.717, 1.165) is 18.4 Å². The van der Waals surface area contributed by atoms with Crippen LogP contribution in [0.25, 0.3) is 11.5 Å². The van der Waals surface area contributed by atoms with Crippen LogP contribution in [0.15, 0.2) is 34.9 Å². The van der Waals surface area contributed by atoms with Crippen molar-refractivity contribution in [3.05, 3.63) is 41.2 Å². The summed E-state index contributed by atoms with van der Waals surface area (Å²) >= 11 is 5.90. The molecular formula is C22H28ClN3O4. The molecule has 162 valence electrons. The molecule has 30 heavy (non-hydrogen) atoms. The summed E-state index contributed by atoms with van der Waals surface area (Å²) in [5.41, 5.74) is 0.209. The number of rotatable bonds is 7. The number of amides is 2. The molecule has 3 rings (SSSR count). The Morgan fingerprint density at radius 1 is 1.20 bits per heavy atom. The monoisotopic (exact) mass is 433 g/mol. The van der Waals surface area contributed by atoms with Crippen LogP contribution in [-0.4, -0.2) is 34.7 Å². The van der Waals surface area contributed by atoms with Gasteiger partial charge >= 0.3 is 6.09 Å². The predicted octanol–water partition coefficient (Wildman–Crippen LogP) is 4.35. The fourth-order valence-electron chi connectivity index (χ4n) is 3.22. The lowest BCUT2D eigenvalue weighted by Gasteiger charge is -2.32. The van der Waals surface area contributed by atoms with Gasteiger partial charge in [0.1, 0.15) is 11.9 Å². The van der Waals surface area contributed by atoms with E-state index in [1.165, 1.54) is 6.26 Å². The highest BCUT2D eigenvalue weighted by atomic mass is 35.5. The smallest absolute Gasteiger partial charge is 0.407 e. The van der Waals surface area contributed by atoms with Crippen LogP contribution in [-0.2, 0) is 16.0 Å². The molecule has 1 aromatic carbocycles. The minimum atomic E-state index is -0.571. The maximum Gasteiger partial charge on any atom is 0.407 e. The lowest BCUT2D eigenvalue weighted by molar-refractivity contribution is -0.122. The zero-order valence-electron chi connectivity index (χ0n) is 17.8. The van der Waals surface area contributed by atoms with Gasteiger partial charge in [0.05, 0.1) is 17.7 Å². The number of ether oxygens (including phenoxy) is 1. The molecule has 2 amide bonds. The molecule has 7 nitrogen and oxygen atoms in total. The van der Waals surface area contributed by atoms with Crippen molar-refractivity contribution < 1.29 is 18.7 Å². The Balaban J connectivity index is 1.58. The van der Waals surface area contributed by atoms with Crippen molar-refractivity contribution in [2.75, 3.05) is 6.54 Å². The zero-order chi connectivity index (χ0) is 21.9. The normalized spacial score (nSPS) is 15.9. The lowest BCUT2D eigenvalue weighted by atomic mass is 9.95. The number of halogens is 1. The van der Waals surface area contributed by atoms with Crippen LogP contribution >= 0.6 is 11.6 Å². The Morgan fingerprint density at radius 2 is 1.87 bits per heavy atom. The predicted molar refractivity (Wildman–Crippen MR) is 114 cm³/mol. The summed E-state index contributed by atoms with van der Waals surface area (Å²) in [4.78, 5) is 29.1. The standard InChI is InChI=1S/C22H28ClN3O4/c1-21(2,3)30-20(28)24-13-22(4,15-7-8-15)26-18(27)11-17-12-29-19(25-17)14-5-9-16(23)10-6-14/h5-6,9-10,12,15H,7-8,11,13H2,1-4H3,(H,24,28)(H,26,27). The lowest BCUT2D eigenvalue weighted by Crippen LogP contribution is -2.56. The number of hydrogen-bond donors (Lipinski definition) is 2. The molecular weight excluding hydrogens is 406 g/mol. The number of hydrogen-bond acceptors (Lipinski definition) is 5. The highest BCUT2D eigenvalue weighted by Crippen LogP contribution is 2.39. The Kier molecular flexibility index (Phi) is 6.41. The van der Waals surface area contributed by atoms with Crippen molar-refractivity contribution in [1.29, 1.82) is 0 Å². The molecule has 1 aromatic heterocycles. The Hall–Kier alpha value is -2.54. The van der Waals surface area contributed by atoms with Crippen molar-refractivity contribution in [2.24, 2.45) is 5.92 Å². The van der Waals surface area contributed by atoms with Crippen LogP contribution in [0.4, 0.5) is 4.79 Å². The third-order valence-corrected chi connectivity index (χ3v) is 5.14. The van der Waals surface area contributed by atoms with E-state index in [0.29, 0.717) is 29.1 Å². The molecule has 1 heterocycles. The fourth-order valence-corrected chi connectivity index (χ4v) is 3.35. The number of benzene rings is 1. The molecule has 8 heteroatoms. The van der Waals surface area contributed by atoms with Crippen LogP contribution < -0.4 is 10.6 Å². The molecule has 0 aliphatic heterocycles. The van der Waals surface area contributed by atoms with Gasteiger partial charge < -0.3 is 19.8 Å². The molecule has 2 N–H and O–H groups in total. The van der Waals surface area contributed by atoms with Crippen molar-refractivity contribution in [3.8, 4) is 11.5 Å². The van der Waals surface area contributed by atoms with Crippen LogP contribution in [0.2, 0.25) is 5.02 Å². The quantitative estimate of drug-likeness (QED) is 0.677. The van der Waals surface area contributed by atoms with E-state index in [-0.39, 0.29) is 12.3 Å². The van der Waals surface area contributed by atoms with Gasteiger partial charge in [-0.2, -0.15) is 0 Å². The number of carbonyl (C=O) groups is 2. The van der Waals surface area contributed by atoms with E-state index in [1.54, 1.807) is 12.1 Å². The number of carbonyl (C=O) groups excluding carboxylic acids is 2. The SMILES string of the molecule is CC(C)(C)OC(=O)NCC(C)(NC(=O)Cc1coc(-c2ccc(Cl)cc2)n1)C1CC1. The second kappa shape index (κ2) is 8.68. The van der Waals surface area contributed by atoms with E-state index < -0.39 is 17.2 Å². The molecule has 0 spiro atoms. The fraction of sp³-hybridized carbons (Fsp3) is 0.500. The third kappa shape index (κ3) is 6.23. The molecule has 1 aliphatic rings. The van der Waals surface area contributed by atoms with Crippen LogP contribution in [0.3, 0.4) is 0 Å². The summed E-state index contributed by atoms with van der Waals surface area (Å²) in [5.74, 6) is 0.579. The Labute approximate surface area is 181 Å². The van der Waals surface area contributed by atoms with E-state index in [2.05, 4.69) is 15.6 Å². The first-order valence-electron chi connectivity index (χ1n) is 10.0. The number of nitrogens with one attached hydrogen (secondary N) is 2. The summed E-state index contributed by atoms with van der Waals surface area (Å²) in [7, 11) is 0. The second-order valence-electron chi connectivity index (χ2n) is 8.92. The summed E-state index contributed by atoms with van der Waals surface area (Å²) in [6.07, 6.45) is 3.10. The van der Waals surface area contributed by atoms with Gasteiger partial charge in [-0.25, -0.2) is 9.78 Å². The Bertz CT molecular complexity index is 900. The molecule has 1 atom stereocenters. The molecule has 1 unspecified atom stereocenters. The van der Waals surface area contributed by atoms with Crippen molar-refractivity contribution in [1.82, 2.24) is 15.6 Å². The van der Waals surface area contributed by atoms with Crippen molar-refractivity contribution >= 4 is 23.6 Å². The first-order chi connectivity index (χ1) is 14.0. The topological polar surface area (TPSA) is 93.5 Å². The molecule has 0 radical (unpaired) electrons. The Morgan fingerprint density at radius 3 is 2.47 bits per heavy atom. The zero-order valence-corrected chi connectivity index (χ0v) is 18.5. The number of aromatic nitrogens is 1. The average Bonchev–Trinajstić information content (AvgIpc) is 3.40. The van der Waals surface area contributed by atoms with E-state index in [4.69, 9.17) is 20.8 Å². The molecule has 0 bridgehead atoms. The maximum absolute atomic E-state index is 12.7. The summed E-state index contributed by atoms with van der Waals surface area (Å²) < 4.78 is 10.8. The minimum Gasteiger partial charge on any atom is -0.444 e. The molecule has 0 saturated heterocycles. The van der Waals surface area contributed by atoms with Crippen LogP contribution in [0.5, 0.6) is 0 Å². The number of alkyl carbamates (subject to hydrolysis) is 1. The summed E-state index contributed by atoms with van der Waals surface area (Å²) in [6, 6.07) is 7.13.